The Morgan fingerprint density at radius 1 is 1.33 bits per heavy atom. The number of likely N-dealkylation sites (N-methyl/N-ethyl adjacent to an activating group) is 1. The highest BCUT2D eigenvalue weighted by Crippen LogP contribution is 2.14. The fourth-order valence-corrected chi connectivity index (χ4v) is 1.69. The molecule has 0 saturated heterocycles. The zero-order chi connectivity index (χ0) is 13.4. The molecule has 0 aliphatic carbocycles. The lowest BCUT2D eigenvalue weighted by Gasteiger charge is -2.18. The van der Waals surface area contributed by atoms with Crippen molar-refractivity contribution in [2.75, 3.05) is 37.0 Å². The minimum Gasteiger partial charge on any atom is -0.395 e. The average molecular weight is 252 g/mol. The van der Waals surface area contributed by atoms with Crippen LogP contribution >= 0.6 is 0 Å². The molecule has 2 N–H and O–H groups in total. The average Bonchev–Trinajstić information content (AvgIpc) is 2.34. The first kappa shape index (κ1) is 14.7. The molecular formula is C13H24N4O. The van der Waals surface area contributed by atoms with Crippen LogP contribution in [0.5, 0.6) is 0 Å². The number of aromatic nitrogens is 2. The lowest BCUT2D eigenvalue weighted by Crippen LogP contribution is -2.23. The topological polar surface area (TPSA) is 61.3 Å². The Morgan fingerprint density at radius 2 is 2.11 bits per heavy atom. The Kier molecular flexibility index (Phi) is 6.43. The summed E-state index contributed by atoms with van der Waals surface area (Å²) >= 11 is 0. The van der Waals surface area contributed by atoms with Gasteiger partial charge in [0.1, 0.15) is 17.5 Å². The van der Waals surface area contributed by atoms with E-state index in [1.807, 2.05) is 24.9 Å². The van der Waals surface area contributed by atoms with E-state index in [4.69, 9.17) is 5.11 Å². The summed E-state index contributed by atoms with van der Waals surface area (Å²) in [6.45, 7) is 5.71. The number of nitrogens with one attached hydrogen (secondary N) is 1. The van der Waals surface area contributed by atoms with Gasteiger partial charge < -0.3 is 15.3 Å². The van der Waals surface area contributed by atoms with Gasteiger partial charge in [0.25, 0.3) is 0 Å². The van der Waals surface area contributed by atoms with E-state index < -0.39 is 0 Å². The molecule has 0 aliphatic heterocycles. The molecule has 0 bridgehead atoms. The molecule has 5 nitrogen and oxygen atoms in total. The molecule has 102 valence electrons. The molecule has 1 aromatic heterocycles. The Hall–Kier alpha value is -1.36. The van der Waals surface area contributed by atoms with Gasteiger partial charge in [-0.25, -0.2) is 9.97 Å². The second-order valence-corrected chi connectivity index (χ2v) is 4.44. The van der Waals surface area contributed by atoms with Gasteiger partial charge in [-0.3, -0.25) is 0 Å². The van der Waals surface area contributed by atoms with Gasteiger partial charge in [0.05, 0.1) is 6.61 Å². The summed E-state index contributed by atoms with van der Waals surface area (Å²) in [6, 6.07) is 1.93. The Bertz CT molecular complexity index is 357. The van der Waals surface area contributed by atoms with Crippen LogP contribution in [0.3, 0.4) is 0 Å². The van der Waals surface area contributed by atoms with Crippen molar-refractivity contribution >= 4 is 11.6 Å². The molecule has 18 heavy (non-hydrogen) atoms. The van der Waals surface area contributed by atoms with Crippen LogP contribution < -0.4 is 10.2 Å². The molecule has 0 spiro atoms. The van der Waals surface area contributed by atoms with Crippen molar-refractivity contribution < 1.29 is 5.11 Å². The molecule has 0 saturated carbocycles. The van der Waals surface area contributed by atoms with E-state index in [1.165, 1.54) is 12.8 Å². The van der Waals surface area contributed by atoms with E-state index in [0.717, 1.165) is 30.4 Å². The molecule has 1 heterocycles. The Balaban J connectivity index is 2.62. The number of aryl methyl sites for hydroxylation is 1. The Morgan fingerprint density at radius 3 is 2.78 bits per heavy atom. The fraction of sp³-hybridized carbons (Fsp3) is 0.692. The zero-order valence-electron chi connectivity index (χ0n) is 11.6. The van der Waals surface area contributed by atoms with Gasteiger partial charge >= 0.3 is 0 Å². The van der Waals surface area contributed by atoms with Gasteiger partial charge in [-0.1, -0.05) is 19.8 Å². The maximum absolute atomic E-state index is 8.94. The van der Waals surface area contributed by atoms with Crippen LogP contribution in [0.4, 0.5) is 11.6 Å². The molecule has 0 aliphatic rings. The minimum atomic E-state index is 0.124. The van der Waals surface area contributed by atoms with Crippen LogP contribution in [-0.2, 0) is 0 Å². The number of hydrogen-bond acceptors (Lipinski definition) is 5. The van der Waals surface area contributed by atoms with Gasteiger partial charge in [-0.05, 0) is 13.3 Å². The molecule has 5 heteroatoms. The highest BCUT2D eigenvalue weighted by molar-refractivity contribution is 5.48. The van der Waals surface area contributed by atoms with Crippen LogP contribution in [0.1, 0.15) is 32.0 Å². The maximum Gasteiger partial charge on any atom is 0.134 e. The molecule has 0 unspecified atom stereocenters. The largest absolute Gasteiger partial charge is 0.395 e. The summed E-state index contributed by atoms with van der Waals surface area (Å²) < 4.78 is 0. The summed E-state index contributed by atoms with van der Waals surface area (Å²) in [5.41, 5.74) is 0. The smallest absolute Gasteiger partial charge is 0.134 e. The van der Waals surface area contributed by atoms with E-state index in [0.29, 0.717) is 6.54 Å². The third-order valence-electron chi connectivity index (χ3n) is 2.74. The first-order chi connectivity index (χ1) is 8.67. The molecule has 1 rings (SSSR count). The third-order valence-corrected chi connectivity index (χ3v) is 2.74. The van der Waals surface area contributed by atoms with Crippen LogP contribution in [0.2, 0.25) is 0 Å². The van der Waals surface area contributed by atoms with Crippen molar-refractivity contribution in [2.24, 2.45) is 0 Å². The van der Waals surface area contributed by atoms with Crippen molar-refractivity contribution in [3.63, 3.8) is 0 Å². The molecule has 0 radical (unpaired) electrons. The van der Waals surface area contributed by atoms with Crippen LogP contribution in [0.15, 0.2) is 6.07 Å². The van der Waals surface area contributed by atoms with E-state index in [9.17, 15) is 0 Å². The minimum absolute atomic E-state index is 0.124. The fourth-order valence-electron chi connectivity index (χ4n) is 1.69. The quantitative estimate of drug-likeness (QED) is 0.691. The maximum atomic E-state index is 8.94. The monoisotopic (exact) mass is 252 g/mol. The normalized spacial score (nSPS) is 10.4. The van der Waals surface area contributed by atoms with E-state index in [2.05, 4.69) is 22.2 Å². The molecule has 0 aromatic carbocycles. The van der Waals surface area contributed by atoms with E-state index in [1.54, 1.807) is 0 Å². The first-order valence-corrected chi connectivity index (χ1v) is 6.59. The first-order valence-electron chi connectivity index (χ1n) is 6.59. The van der Waals surface area contributed by atoms with Crippen molar-refractivity contribution in [2.45, 2.75) is 33.1 Å². The second kappa shape index (κ2) is 7.87. The van der Waals surface area contributed by atoms with Crippen LogP contribution in [0.25, 0.3) is 0 Å². The number of hydrogen-bond donors (Lipinski definition) is 2. The van der Waals surface area contributed by atoms with Crippen LogP contribution in [-0.4, -0.2) is 41.8 Å². The number of unbranched alkanes of at least 4 members (excludes halogenated alkanes) is 2. The second-order valence-electron chi connectivity index (χ2n) is 4.44. The van der Waals surface area contributed by atoms with Gasteiger partial charge in [0.15, 0.2) is 0 Å². The van der Waals surface area contributed by atoms with Crippen molar-refractivity contribution in [1.82, 2.24) is 9.97 Å². The molecule has 1 aromatic rings. The van der Waals surface area contributed by atoms with Crippen LogP contribution in [0, 0.1) is 6.92 Å². The predicted molar refractivity (Wildman–Crippen MR) is 75.1 cm³/mol. The third kappa shape index (κ3) is 4.87. The van der Waals surface area contributed by atoms with Crippen molar-refractivity contribution in [3.05, 3.63) is 11.9 Å². The summed E-state index contributed by atoms with van der Waals surface area (Å²) in [6.07, 6.45) is 3.60. The number of aliphatic hydroxyl groups is 1. The lowest BCUT2D eigenvalue weighted by atomic mass is 10.2. The van der Waals surface area contributed by atoms with Gasteiger partial charge in [0, 0.05) is 26.2 Å². The number of anilines is 2. The molecule has 0 fully saturated rings. The number of rotatable bonds is 8. The summed E-state index contributed by atoms with van der Waals surface area (Å²) in [5.74, 6) is 2.45. The van der Waals surface area contributed by atoms with Crippen molar-refractivity contribution in [1.29, 1.82) is 0 Å². The summed E-state index contributed by atoms with van der Waals surface area (Å²) in [5, 5.41) is 12.3. The number of aliphatic hydroxyl groups excluding tert-OH is 1. The van der Waals surface area contributed by atoms with Gasteiger partial charge in [-0.15, -0.1) is 0 Å². The number of nitrogens with zero attached hydrogens (tertiary/aromatic N) is 3. The SMILES string of the molecule is CCCCCNc1cc(N(C)CCO)nc(C)n1. The summed E-state index contributed by atoms with van der Waals surface area (Å²) in [4.78, 5) is 10.6. The van der Waals surface area contributed by atoms with Gasteiger partial charge in [0.2, 0.25) is 0 Å². The molecule has 0 amide bonds. The van der Waals surface area contributed by atoms with E-state index >= 15 is 0 Å². The highest BCUT2D eigenvalue weighted by Gasteiger charge is 2.05. The summed E-state index contributed by atoms with van der Waals surface area (Å²) in [7, 11) is 1.92. The Labute approximate surface area is 109 Å². The lowest BCUT2D eigenvalue weighted by molar-refractivity contribution is 0.304. The highest BCUT2D eigenvalue weighted by atomic mass is 16.3. The predicted octanol–water partition coefficient (Wildman–Crippen LogP) is 1.82. The van der Waals surface area contributed by atoms with Crippen molar-refractivity contribution in [3.8, 4) is 0 Å². The van der Waals surface area contributed by atoms with Gasteiger partial charge in [-0.2, -0.15) is 0 Å². The molecular weight excluding hydrogens is 228 g/mol. The standard InChI is InChI=1S/C13H24N4O/c1-4-5-6-7-14-12-10-13(16-11(2)15-12)17(3)8-9-18/h10,18H,4-9H2,1-3H3,(H,14,15,16). The van der Waals surface area contributed by atoms with E-state index in [-0.39, 0.29) is 6.61 Å². The molecule has 0 atom stereocenters. The zero-order valence-corrected chi connectivity index (χ0v) is 11.6.